The summed E-state index contributed by atoms with van der Waals surface area (Å²) >= 11 is 0. The largest absolute Gasteiger partial charge is 0.493 e. The molecule has 1 aliphatic rings. The summed E-state index contributed by atoms with van der Waals surface area (Å²) in [5.41, 5.74) is 0.967. The van der Waals surface area contributed by atoms with E-state index in [2.05, 4.69) is 15.3 Å². The molecule has 2 heterocycles. The maximum atomic E-state index is 12.8. The van der Waals surface area contributed by atoms with Gasteiger partial charge < -0.3 is 28.8 Å². The highest BCUT2D eigenvalue weighted by molar-refractivity contribution is 6.21. The Balaban J connectivity index is 1.56. The van der Waals surface area contributed by atoms with Crippen LogP contribution in [0.15, 0.2) is 64.8 Å². The fourth-order valence-corrected chi connectivity index (χ4v) is 3.47. The summed E-state index contributed by atoms with van der Waals surface area (Å²) < 4.78 is 21.5. The van der Waals surface area contributed by atoms with E-state index in [1.165, 1.54) is 25.6 Å². The number of furan rings is 1. The van der Waals surface area contributed by atoms with E-state index >= 15 is 0 Å². The number of allylic oxidation sites excluding steroid dienone is 2. The number of ketones is 2. The van der Waals surface area contributed by atoms with Crippen molar-refractivity contribution in [2.75, 3.05) is 39.8 Å². The van der Waals surface area contributed by atoms with Crippen molar-refractivity contribution in [2.24, 2.45) is 0 Å². The number of aromatic nitrogens is 2. The first kappa shape index (κ1) is 23.0. The fraction of sp³-hybridized carbons (Fsp3) is 0.250. The van der Waals surface area contributed by atoms with Crippen molar-refractivity contribution in [1.82, 2.24) is 14.9 Å². The van der Waals surface area contributed by atoms with Crippen molar-refractivity contribution in [3.63, 3.8) is 0 Å². The van der Waals surface area contributed by atoms with Gasteiger partial charge in [0.2, 0.25) is 11.6 Å². The maximum Gasteiger partial charge on any atom is 0.204 e. The van der Waals surface area contributed by atoms with Gasteiger partial charge in [-0.2, -0.15) is 0 Å². The van der Waals surface area contributed by atoms with Gasteiger partial charge in [0.15, 0.2) is 11.5 Å². The molecule has 0 radical (unpaired) electrons. The van der Waals surface area contributed by atoms with Crippen molar-refractivity contribution < 1.29 is 28.2 Å². The summed E-state index contributed by atoms with van der Waals surface area (Å²) in [7, 11) is 4.84. The third-order valence-corrected chi connectivity index (χ3v) is 5.16. The lowest BCUT2D eigenvalue weighted by molar-refractivity contribution is -0.116. The van der Waals surface area contributed by atoms with Crippen molar-refractivity contribution in [2.45, 2.75) is 6.54 Å². The molecule has 0 bridgehead atoms. The number of likely N-dealkylation sites (N-methyl/N-ethyl adjacent to an activating group) is 1. The average molecular weight is 464 g/mol. The summed E-state index contributed by atoms with van der Waals surface area (Å²) in [4.78, 5) is 35.8. The Morgan fingerprint density at radius 2 is 1.91 bits per heavy atom. The molecule has 0 fully saturated rings. The summed E-state index contributed by atoms with van der Waals surface area (Å²) in [6, 6.07) is 7.01. The van der Waals surface area contributed by atoms with Gasteiger partial charge in [0.1, 0.15) is 24.5 Å². The molecule has 0 saturated heterocycles. The van der Waals surface area contributed by atoms with Crippen LogP contribution in [0, 0.1) is 0 Å². The van der Waals surface area contributed by atoms with E-state index in [1.54, 1.807) is 49.6 Å². The van der Waals surface area contributed by atoms with E-state index in [0.29, 0.717) is 53.7 Å². The Hall–Kier alpha value is -4.18. The van der Waals surface area contributed by atoms with Crippen LogP contribution in [0.4, 0.5) is 5.82 Å². The lowest BCUT2D eigenvalue weighted by Crippen LogP contribution is -2.28. The number of fused-ring (bicyclic) bond motifs is 1. The lowest BCUT2D eigenvalue weighted by Gasteiger charge is -2.22. The molecule has 1 aromatic carbocycles. The molecule has 0 spiro atoms. The molecule has 34 heavy (non-hydrogen) atoms. The Labute approximate surface area is 195 Å². The standard InChI is InChI=1S/C24H24N4O6/c1-28(13-15-5-4-6-33-15)19-12-20(29)18(10-21(19)30)27-24-16-9-22(32-3)23(34-8-7-31-2)11-17(16)25-14-26-24/h4-6,9-12,14H,7-8,13H2,1-3H3,(H,25,26,27). The van der Waals surface area contributed by atoms with Crippen LogP contribution in [0.3, 0.4) is 0 Å². The zero-order valence-corrected chi connectivity index (χ0v) is 19.0. The van der Waals surface area contributed by atoms with E-state index in [0.717, 1.165) is 0 Å². The van der Waals surface area contributed by atoms with Crippen LogP contribution < -0.4 is 14.8 Å². The molecule has 4 rings (SSSR count). The van der Waals surface area contributed by atoms with E-state index < -0.39 is 0 Å². The zero-order valence-electron chi connectivity index (χ0n) is 19.0. The number of anilines is 1. The van der Waals surface area contributed by atoms with Crippen LogP contribution in [0.1, 0.15) is 5.76 Å². The van der Waals surface area contributed by atoms with Crippen LogP contribution in [-0.4, -0.2) is 60.9 Å². The highest BCUT2D eigenvalue weighted by Crippen LogP contribution is 2.34. The Bertz CT molecular complexity index is 1270. The second-order valence-corrected chi connectivity index (χ2v) is 7.46. The van der Waals surface area contributed by atoms with Gasteiger partial charge in [-0.15, -0.1) is 0 Å². The minimum absolute atomic E-state index is 0.111. The molecule has 10 heteroatoms. The summed E-state index contributed by atoms with van der Waals surface area (Å²) in [5.74, 6) is 1.37. The van der Waals surface area contributed by atoms with Gasteiger partial charge >= 0.3 is 0 Å². The summed E-state index contributed by atoms with van der Waals surface area (Å²) in [6.07, 6.45) is 5.50. The van der Waals surface area contributed by atoms with Gasteiger partial charge in [-0.1, -0.05) is 0 Å². The zero-order chi connectivity index (χ0) is 24.1. The van der Waals surface area contributed by atoms with Crippen molar-refractivity contribution >= 4 is 28.3 Å². The Morgan fingerprint density at radius 1 is 1.06 bits per heavy atom. The molecule has 10 nitrogen and oxygen atoms in total. The molecule has 0 atom stereocenters. The quantitative estimate of drug-likeness (QED) is 0.355. The summed E-state index contributed by atoms with van der Waals surface area (Å²) in [5, 5.41) is 3.58. The van der Waals surface area contributed by atoms with E-state index in [9.17, 15) is 9.59 Å². The predicted octanol–water partition coefficient (Wildman–Crippen LogP) is 2.72. The Morgan fingerprint density at radius 3 is 2.65 bits per heavy atom. The monoisotopic (exact) mass is 464 g/mol. The van der Waals surface area contributed by atoms with Crippen molar-refractivity contribution in [3.05, 3.63) is 66.2 Å². The van der Waals surface area contributed by atoms with Gasteiger partial charge in [0.05, 0.1) is 43.4 Å². The number of benzene rings is 1. The van der Waals surface area contributed by atoms with E-state index in [1.807, 2.05) is 0 Å². The Kier molecular flexibility index (Phi) is 6.88. The van der Waals surface area contributed by atoms with Gasteiger partial charge in [-0.05, 0) is 18.2 Å². The SMILES string of the molecule is COCCOc1cc2ncnc(NC3=CC(=O)C(N(C)Cc4ccco4)=CC3=O)c2cc1OC. The highest BCUT2D eigenvalue weighted by atomic mass is 16.5. The number of nitrogens with one attached hydrogen (secondary N) is 1. The molecule has 0 amide bonds. The van der Waals surface area contributed by atoms with Crippen LogP contribution in [-0.2, 0) is 20.9 Å². The van der Waals surface area contributed by atoms with E-state index in [4.69, 9.17) is 18.6 Å². The van der Waals surface area contributed by atoms with Crippen molar-refractivity contribution in [1.29, 1.82) is 0 Å². The first-order valence-electron chi connectivity index (χ1n) is 10.5. The van der Waals surface area contributed by atoms with Gasteiger partial charge in [0, 0.05) is 37.8 Å². The molecule has 2 aromatic heterocycles. The average Bonchev–Trinajstić information content (AvgIpc) is 3.34. The minimum Gasteiger partial charge on any atom is -0.493 e. The number of rotatable bonds is 10. The first-order valence-corrected chi connectivity index (χ1v) is 10.5. The smallest absolute Gasteiger partial charge is 0.204 e. The number of nitrogens with zero attached hydrogens (tertiary/aromatic N) is 3. The number of carbonyl (C=O) groups excluding carboxylic acids is 2. The van der Waals surface area contributed by atoms with E-state index in [-0.39, 0.29) is 23.0 Å². The summed E-state index contributed by atoms with van der Waals surface area (Å²) in [6.45, 7) is 1.13. The predicted molar refractivity (Wildman–Crippen MR) is 123 cm³/mol. The molecule has 1 N–H and O–H groups in total. The minimum atomic E-state index is -0.348. The topological polar surface area (TPSA) is 116 Å². The van der Waals surface area contributed by atoms with Gasteiger partial charge in [-0.3, -0.25) is 9.59 Å². The molecule has 0 unspecified atom stereocenters. The molecule has 3 aromatic rings. The fourth-order valence-electron chi connectivity index (χ4n) is 3.47. The van der Waals surface area contributed by atoms with Crippen LogP contribution in [0.25, 0.3) is 10.9 Å². The van der Waals surface area contributed by atoms with Crippen molar-refractivity contribution in [3.8, 4) is 11.5 Å². The van der Waals surface area contributed by atoms with Crippen LogP contribution in [0.5, 0.6) is 11.5 Å². The lowest BCUT2D eigenvalue weighted by atomic mass is 10.0. The molecular weight excluding hydrogens is 440 g/mol. The third kappa shape index (κ3) is 4.91. The second-order valence-electron chi connectivity index (χ2n) is 7.46. The number of hydrogen-bond donors (Lipinski definition) is 1. The van der Waals surface area contributed by atoms with Gasteiger partial charge in [0.25, 0.3) is 0 Å². The van der Waals surface area contributed by atoms with Crippen LogP contribution >= 0.6 is 0 Å². The first-order chi connectivity index (χ1) is 16.5. The van der Waals surface area contributed by atoms with Gasteiger partial charge in [-0.25, -0.2) is 9.97 Å². The van der Waals surface area contributed by atoms with Crippen LogP contribution in [0.2, 0.25) is 0 Å². The third-order valence-electron chi connectivity index (χ3n) is 5.16. The molecule has 0 saturated carbocycles. The number of hydrogen-bond acceptors (Lipinski definition) is 10. The molecule has 176 valence electrons. The molecule has 1 aliphatic carbocycles. The molecular formula is C24H24N4O6. The number of ether oxygens (including phenoxy) is 3. The number of carbonyl (C=O) groups is 2. The molecule has 0 aliphatic heterocycles. The second kappa shape index (κ2) is 10.2. The number of methoxy groups -OCH3 is 2. The highest BCUT2D eigenvalue weighted by Gasteiger charge is 2.24. The maximum absolute atomic E-state index is 12.8. The normalized spacial score (nSPS) is 13.5.